The lowest BCUT2D eigenvalue weighted by Crippen LogP contribution is -2.02. The zero-order chi connectivity index (χ0) is 36.6. The maximum atomic E-state index is 5.07. The van der Waals surface area contributed by atoms with Crippen LogP contribution in [0.25, 0.3) is 95.0 Å². The van der Waals surface area contributed by atoms with Crippen LogP contribution < -0.4 is 0 Å². The van der Waals surface area contributed by atoms with Crippen molar-refractivity contribution in [1.29, 1.82) is 0 Å². The molecule has 0 spiro atoms. The van der Waals surface area contributed by atoms with Gasteiger partial charge in [-0.1, -0.05) is 164 Å². The predicted octanol–water partition coefficient (Wildman–Crippen LogP) is 13.0. The molecule has 0 bridgehead atoms. The fourth-order valence-corrected chi connectivity index (χ4v) is 7.56. The summed E-state index contributed by atoms with van der Waals surface area (Å²) in [5, 5.41) is 2.41. The van der Waals surface area contributed by atoms with E-state index < -0.39 is 0 Å². The molecule has 2 aromatic heterocycles. The monoisotopic (exact) mass is 702 g/mol. The maximum Gasteiger partial charge on any atom is 0.164 e. The van der Waals surface area contributed by atoms with Gasteiger partial charge in [0, 0.05) is 33.0 Å². The van der Waals surface area contributed by atoms with Crippen molar-refractivity contribution in [1.82, 2.24) is 19.5 Å². The Labute approximate surface area is 319 Å². The molecule has 0 aliphatic rings. The molecule has 4 nitrogen and oxygen atoms in total. The smallest absolute Gasteiger partial charge is 0.164 e. The van der Waals surface area contributed by atoms with E-state index in [0.717, 1.165) is 44.5 Å². The Morgan fingerprint density at radius 3 is 1.07 bits per heavy atom. The molecule has 258 valence electrons. The minimum absolute atomic E-state index is 0.624. The van der Waals surface area contributed by atoms with Gasteiger partial charge < -0.3 is 4.57 Å². The van der Waals surface area contributed by atoms with Crippen molar-refractivity contribution in [3.05, 3.63) is 206 Å². The number of nitrogens with zero attached hydrogens (tertiary/aromatic N) is 4. The standard InChI is InChI=1S/C51H34N4/c1-6-16-35(17-7-1)40-26-29-47-44(32-40)45-33-41(36-18-8-2-9-19-36)27-30-48(45)55(47)46-31-28-42(34-43(46)37-20-10-3-11-21-37)51-53-49(38-22-12-4-13-23-38)52-50(54-51)39-24-14-5-15-25-39/h1-34H. The van der Waals surface area contributed by atoms with Crippen LogP contribution in [0.5, 0.6) is 0 Å². The van der Waals surface area contributed by atoms with Crippen LogP contribution in [0.15, 0.2) is 206 Å². The van der Waals surface area contributed by atoms with Gasteiger partial charge >= 0.3 is 0 Å². The Morgan fingerprint density at radius 1 is 0.273 bits per heavy atom. The molecule has 0 aliphatic heterocycles. The zero-order valence-corrected chi connectivity index (χ0v) is 29.9. The van der Waals surface area contributed by atoms with E-state index in [1.54, 1.807) is 0 Å². The van der Waals surface area contributed by atoms with Crippen LogP contribution in [0.2, 0.25) is 0 Å². The van der Waals surface area contributed by atoms with Crippen molar-refractivity contribution in [2.75, 3.05) is 0 Å². The topological polar surface area (TPSA) is 43.6 Å². The second-order valence-electron chi connectivity index (χ2n) is 13.7. The third-order valence-corrected chi connectivity index (χ3v) is 10.3. The predicted molar refractivity (Wildman–Crippen MR) is 227 cm³/mol. The molecule has 0 aliphatic carbocycles. The fourth-order valence-electron chi connectivity index (χ4n) is 7.56. The molecule has 55 heavy (non-hydrogen) atoms. The molecule has 0 N–H and O–H groups in total. The molecule has 8 aromatic carbocycles. The third kappa shape index (κ3) is 6.06. The SMILES string of the molecule is c1ccc(-c2ccc3c(c2)c2cc(-c4ccccc4)ccc2n3-c2ccc(-c3nc(-c4ccccc4)nc(-c4ccccc4)n3)cc2-c2ccccc2)cc1. The van der Waals surface area contributed by atoms with Gasteiger partial charge in [0.25, 0.3) is 0 Å². The van der Waals surface area contributed by atoms with Gasteiger partial charge in [-0.2, -0.15) is 0 Å². The summed E-state index contributed by atoms with van der Waals surface area (Å²) in [6, 6.07) is 72.4. The van der Waals surface area contributed by atoms with E-state index in [1.165, 1.54) is 33.0 Å². The number of fused-ring (bicyclic) bond motifs is 3. The van der Waals surface area contributed by atoms with Crippen LogP contribution in [0.4, 0.5) is 0 Å². The van der Waals surface area contributed by atoms with Gasteiger partial charge in [-0.25, -0.2) is 15.0 Å². The summed E-state index contributed by atoms with van der Waals surface area (Å²) >= 11 is 0. The maximum absolute atomic E-state index is 5.07. The van der Waals surface area contributed by atoms with Crippen molar-refractivity contribution in [3.63, 3.8) is 0 Å². The molecule has 0 radical (unpaired) electrons. The van der Waals surface area contributed by atoms with Crippen LogP contribution in [0, 0.1) is 0 Å². The summed E-state index contributed by atoms with van der Waals surface area (Å²) in [5.41, 5.74) is 13.1. The Kier molecular flexibility index (Phi) is 8.12. The number of hydrogen-bond acceptors (Lipinski definition) is 3. The first kappa shape index (κ1) is 32.2. The van der Waals surface area contributed by atoms with Gasteiger partial charge in [-0.15, -0.1) is 0 Å². The molecule has 0 saturated carbocycles. The minimum atomic E-state index is 0.624. The first-order valence-corrected chi connectivity index (χ1v) is 18.5. The molecular formula is C51H34N4. The highest BCUT2D eigenvalue weighted by atomic mass is 15.0. The van der Waals surface area contributed by atoms with E-state index in [4.69, 9.17) is 15.0 Å². The lowest BCUT2D eigenvalue weighted by Gasteiger charge is -2.16. The van der Waals surface area contributed by atoms with E-state index in [-0.39, 0.29) is 0 Å². The van der Waals surface area contributed by atoms with Gasteiger partial charge in [-0.05, 0) is 70.3 Å². The van der Waals surface area contributed by atoms with Crippen molar-refractivity contribution >= 4 is 21.8 Å². The fraction of sp³-hybridized carbons (Fsp3) is 0. The van der Waals surface area contributed by atoms with Crippen molar-refractivity contribution in [3.8, 4) is 73.2 Å². The van der Waals surface area contributed by atoms with E-state index in [0.29, 0.717) is 17.5 Å². The lowest BCUT2D eigenvalue weighted by atomic mass is 9.99. The highest BCUT2D eigenvalue weighted by Gasteiger charge is 2.20. The van der Waals surface area contributed by atoms with Crippen molar-refractivity contribution in [2.24, 2.45) is 0 Å². The molecule has 4 heteroatoms. The summed E-state index contributed by atoms with van der Waals surface area (Å²) < 4.78 is 2.42. The Bertz CT molecular complexity index is 2790. The number of rotatable bonds is 7. The van der Waals surface area contributed by atoms with E-state index >= 15 is 0 Å². The van der Waals surface area contributed by atoms with E-state index in [1.807, 2.05) is 60.7 Å². The van der Waals surface area contributed by atoms with Gasteiger partial charge in [0.05, 0.1) is 16.7 Å². The minimum Gasteiger partial charge on any atom is -0.309 e. The Balaban J connectivity index is 1.21. The van der Waals surface area contributed by atoms with Crippen molar-refractivity contribution in [2.45, 2.75) is 0 Å². The van der Waals surface area contributed by atoms with Crippen LogP contribution in [0.1, 0.15) is 0 Å². The quantitative estimate of drug-likeness (QED) is 0.166. The number of hydrogen-bond donors (Lipinski definition) is 0. The second-order valence-corrected chi connectivity index (χ2v) is 13.7. The highest BCUT2D eigenvalue weighted by Crippen LogP contribution is 2.41. The van der Waals surface area contributed by atoms with Gasteiger partial charge in [-0.3, -0.25) is 0 Å². The molecule has 0 saturated heterocycles. The first-order chi connectivity index (χ1) is 27.3. The van der Waals surface area contributed by atoms with E-state index in [2.05, 4.69) is 150 Å². The molecule has 0 fully saturated rings. The van der Waals surface area contributed by atoms with Gasteiger partial charge in [0.2, 0.25) is 0 Å². The molecule has 0 unspecified atom stereocenters. The average molecular weight is 703 g/mol. The van der Waals surface area contributed by atoms with Gasteiger partial charge in [0.1, 0.15) is 0 Å². The molecule has 10 rings (SSSR count). The normalized spacial score (nSPS) is 11.3. The van der Waals surface area contributed by atoms with Crippen molar-refractivity contribution < 1.29 is 0 Å². The summed E-state index contributed by atoms with van der Waals surface area (Å²) in [4.78, 5) is 15.1. The summed E-state index contributed by atoms with van der Waals surface area (Å²) in [5.74, 6) is 1.90. The Morgan fingerprint density at radius 2 is 0.636 bits per heavy atom. The van der Waals surface area contributed by atoms with Crippen LogP contribution >= 0.6 is 0 Å². The lowest BCUT2D eigenvalue weighted by molar-refractivity contribution is 1.07. The van der Waals surface area contributed by atoms with Gasteiger partial charge in [0.15, 0.2) is 17.5 Å². The summed E-state index contributed by atoms with van der Waals surface area (Å²) in [6.45, 7) is 0. The largest absolute Gasteiger partial charge is 0.309 e. The molecule has 2 heterocycles. The number of aromatic nitrogens is 4. The molecule has 0 atom stereocenters. The summed E-state index contributed by atoms with van der Waals surface area (Å²) in [6.07, 6.45) is 0. The second kappa shape index (κ2) is 13.8. The molecule has 10 aromatic rings. The number of benzene rings is 8. The zero-order valence-electron chi connectivity index (χ0n) is 29.9. The summed E-state index contributed by atoms with van der Waals surface area (Å²) in [7, 11) is 0. The Hall–Kier alpha value is -7.43. The first-order valence-electron chi connectivity index (χ1n) is 18.5. The third-order valence-electron chi connectivity index (χ3n) is 10.3. The average Bonchev–Trinajstić information content (AvgIpc) is 3.60. The van der Waals surface area contributed by atoms with Crippen LogP contribution in [0.3, 0.4) is 0 Å². The van der Waals surface area contributed by atoms with E-state index in [9.17, 15) is 0 Å². The van der Waals surface area contributed by atoms with Crippen LogP contribution in [-0.4, -0.2) is 19.5 Å². The molecular weight excluding hydrogens is 669 g/mol. The van der Waals surface area contributed by atoms with Crippen LogP contribution in [-0.2, 0) is 0 Å². The molecule has 0 amide bonds. The highest BCUT2D eigenvalue weighted by molar-refractivity contribution is 6.12.